The van der Waals surface area contributed by atoms with Crippen molar-refractivity contribution < 1.29 is 4.74 Å². The molecule has 0 saturated carbocycles. The second-order valence-electron chi connectivity index (χ2n) is 4.44. The average Bonchev–Trinajstić information content (AvgIpc) is 2.45. The number of benzene rings is 1. The first-order valence-corrected chi connectivity index (χ1v) is 7.06. The lowest BCUT2D eigenvalue weighted by atomic mass is 10.2. The second kappa shape index (κ2) is 6.57. The molecule has 0 unspecified atom stereocenters. The summed E-state index contributed by atoms with van der Waals surface area (Å²) >= 11 is 5.95. The topological polar surface area (TPSA) is 47.0 Å². The van der Waals surface area contributed by atoms with Crippen molar-refractivity contribution in [1.29, 1.82) is 0 Å². The molecule has 0 fully saturated rings. The Labute approximate surface area is 124 Å². The maximum Gasteiger partial charge on any atom is 0.149 e. The van der Waals surface area contributed by atoms with E-state index in [1.54, 1.807) is 6.20 Å². The van der Waals surface area contributed by atoms with E-state index < -0.39 is 0 Å². The third-order valence-corrected chi connectivity index (χ3v) is 3.26. The molecule has 0 radical (unpaired) electrons. The van der Waals surface area contributed by atoms with Crippen molar-refractivity contribution in [3.05, 3.63) is 41.3 Å². The maximum absolute atomic E-state index is 5.95. The van der Waals surface area contributed by atoms with Gasteiger partial charge in [0.2, 0.25) is 0 Å². The summed E-state index contributed by atoms with van der Waals surface area (Å²) in [5.41, 5.74) is 3.72. The fourth-order valence-electron chi connectivity index (χ4n) is 1.81. The minimum Gasteiger partial charge on any atom is -0.494 e. The van der Waals surface area contributed by atoms with Gasteiger partial charge in [-0.15, -0.1) is 11.6 Å². The third kappa shape index (κ3) is 3.39. The fraction of sp³-hybridized carbons (Fsp3) is 0.333. The van der Waals surface area contributed by atoms with Crippen LogP contribution < -0.4 is 10.1 Å². The predicted octanol–water partition coefficient (Wildman–Crippen LogP) is 3.97. The first-order chi connectivity index (χ1) is 9.63. The van der Waals surface area contributed by atoms with Gasteiger partial charge in [-0.2, -0.15) is 0 Å². The molecule has 0 aliphatic heterocycles. The van der Waals surface area contributed by atoms with Crippen LogP contribution >= 0.6 is 11.6 Å². The zero-order valence-corrected chi connectivity index (χ0v) is 12.7. The molecule has 0 atom stereocenters. The number of aryl methyl sites for hydroxylation is 2. The first kappa shape index (κ1) is 14.6. The van der Waals surface area contributed by atoms with E-state index in [0.717, 1.165) is 34.2 Å². The molecule has 1 N–H and O–H groups in total. The van der Waals surface area contributed by atoms with Crippen LogP contribution in [0.15, 0.2) is 24.4 Å². The maximum atomic E-state index is 5.95. The summed E-state index contributed by atoms with van der Waals surface area (Å²) in [7, 11) is 0. The molecule has 5 heteroatoms. The van der Waals surface area contributed by atoms with Crippen LogP contribution in [0.3, 0.4) is 0 Å². The number of nitrogens with zero attached hydrogens (tertiary/aromatic N) is 2. The summed E-state index contributed by atoms with van der Waals surface area (Å²) in [6.07, 6.45) is 1.72. The number of hydrogen-bond acceptors (Lipinski definition) is 4. The molecule has 0 aliphatic carbocycles. The third-order valence-electron chi connectivity index (χ3n) is 2.97. The van der Waals surface area contributed by atoms with Crippen LogP contribution in [0, 0.1) is 13.8 Å². The largest absolute Gasteiger partial charge is 0.494 e. The van der Waals surface area contributed by atoms with Gasteiger partial charge < -0.3 is 10.1 Å². The molecular formula is C15H18ClN3O. The van der Waals surface area contributed by atoms with E-state index in [1.807, 2.05) is 39.0 Å². The highest BCUT2D eigenvalue weighted by Crippen LogP contribution is 2.26. The van der Waals surface area contributed by atoms with E-state index in [1.165, 1.54) is 0 Å². The first-order valence-electron chi connectivity index (χ1n) is 6.53. The number of aromatic nitrogens is 2. The number of ether oxygens (including phenoxy) is 1. The normalized spacial score (nSPS) is 10.4. The van der Waals surface area contributed by atoms with Crippen molar-refractivity contribution >= 4 is 23.1 Å². The van der Waals surface area contributed by atoms with Gasteiger partial charge in [0.25, 0.3) is 0 Å². The van der Waals surface area contributed by atoms with Crippen LogP contribution in [-0.4, -0.2) is 16.6 Å². The van der Waals surface area contributed by atoms with Crippen LogP contribution in [-0.2, 0) is 5.88 Å². The fourth-order valence-corrected chi connectivity index (χ4v) is 2.02. The Bertz CT molecular complexity index is 602. The molecule has 0 aliphatic rings. The molecule has 0 spiro atoms. The number of hydrogen-bond donors (Lipinski definition) is 1. The van der Waals surface area contributed by atoms with Gasteiger partial charge in [0.15, 0.2) is 0 Å². The van der Waals surface area contributed by atoms with Gasteiger partial charge in [-0.25, -0.2) is 4.98 Å². The Hall–Kier alpha value is -1.81. The standard InChI is InChI=1S/C15H18ClN3O/c1-4-20-14-6-5-13(7-12(14)8-16)19-15-9-17-10(2)11(3)18-15/h5-7,9H,4,8H2,1-3H3,(H,18,19). The molecule has 2 rings (SSSR count). The minimum absolute atomic E-state index is 0.406. The average molecular weight is 292 g/mol. The number of anilines is 2. The molecule has 1 heterocycles. The van der Waals surface area contributed by atoms with E-state index in [9.17, 15) is 0 Å². The molecule has 1 aromatic heterocycles. The highest BCUT2D eigenvalue weighted by molar-refractivity contribution is 6.17. The SMILES string of the molecule is CCOc1ccc(Nc2cnc(C)c(C)n2)cc1CCl. The summed E-state index contributed by atoms with van der Waals surface area (Å²) < 4.78 is 5.53. The summed E-state index contributed by atoms with van der Waals surface area (Å²) in [5, 5.41) is 3.23. The van der Waals surface area contributed by atoms with Crippen LogP contribution in [0.2, 0.25) is 0 Å². The minimum atomic E-state index is 0.406. The summed E-state index contributed by atoms with van der Waals surface area (Å²) in [6.45, 7) is 6.46. The van der Waals surface area contributed by atoms with Crippen molar-refractivity contribution in [2.24, 2.45) is 0 Å². The lowest BCUT2D eigenvalue weighted by Crippen LogP contribution is -2.00. The van der Waals surface area contributed by atoms with E-state index in [-0.39, 0.29) is 0 Å². The van der Waals surface area contributed by atoms with Gasteiger partial charge in [0.05, 0.1) is 30.1 Å². The molecule has 1 aromatic carbocycles. The second-order valence-corrected chi connectivity index (χ2v) is 4.71. The molecule has 4 nitrogen and oxygen atoms in total. The Morgan fingerprint density at radius 1 is 1.25 bits per heavy atom. The smallest absolute Gasteiger partial charge is 0.149 e. The van der Waals surface area contributed by atoms with Crippen molar-refractivity contribution in [3.63, 3.8) is 0 Å². The number of nitrogens with one attached hydrogen (secondary N) is 1. The van der Waals surface area contributed by atoms with Gasteiger partial charge in [-0.05, 0) is 39.0 Å². The zero-order chi connectivity index (χ0) is 14.5. The summed E-state index contributed by atoms with van der Waals surface area (Å²) in [6, 6.07) is 5.82. The number of halogens is 1. The summed E-state index contributed by atoms with van der Waals surface area (Å²) in [4.78, 5) is 8.73. The predicted molar refractivity (Wildman–Crippen MR) is 82.0 cm³/mol. The monoisotopic (exact) mass is 291 g/mol. The van der Waals surface area contributed by atoms with Gasteiger partial charge in [0, 0.05) is 11.3 Å². The van der Waals surface area contributed by atoms with E-state index in [0.29, 0.717) is 12.5 Å². The van der Waals surface area contributed by atoms with E-state index in [4.69, 9.17) is 16.3 Å². The van der Waals surface area contributed by atoms with Gasteiger partial charge in [0.1, 0.15) is 11.6 Å². The molecule has 106 valence electrons. The van der Waals surface area contributed by atoms with Crippen LogP contribution in [0.25, 0.3) is 0 Å². The molecule has 20 heavy (non-hydrogen) atoms. The molecule has 0 saturated heterocycles. The molecular weight excluding hydrogens is 274 g/mol. The van der Waals surface area contributed by atoms with Crippen LogP contribution in [0.1, 0.15) is 23.9 Å². The summed E-state index contributed by atoms with van der Waals surface area (Å²) in [5.74, 6) is 1.95. The van der Waals surface area contributed by atoms with E-state index >= 15 is 0 Å². The van der Waals surface area contributed by atoms with Crippen molar-refractivity contribution in [3.8, 4) is 5.75 Å². The lowest BCUT2D eigenvalue weighted by molar-refractivity contribution is 0.337. The molecule has 0 amide bonds. The number of alkyl halides is 1. The highest BCUT2D eigenvalue weighted by Gasteiger charge is 2.05. The van der Waals surface area contributed by atoms with E-state index in [2.05, 4.69) is 15.3 Å². The Morgan fingerprint density at radius 2 is 2.05 bits per heavy atom. The van der Waals surface area contributed by atoms with Crippen molar-refractivity contribution in [2.45, 2.75) is 26.7 Å². The Morgan fingerprint density at radius 3 is 2.70 bits per heavy atom. The van der Waals surface area contributed by atoms with Gasteiger partial charge >= 0.3 is 0 Å². The Balaban J connectivity index is 2.22. The molecule has 2 aromatic rings. The van der Waals surface area contributed by atoms with Crippen LogP contribution in [0.4, 0.5) is 11.5 Å². The lowest BCUT2D eigenvalue weighted by Gasteiger charge is -2.12. The van der Waals surface area contributed by atoms with Crippen molar-refractivity contribution in [1.82, 2.24) is 9.97 Å². The Kier molecular flexibility index (Phi) is 4.79. The zero-order valence-electron chi connectivity index (χ0n) is 11.9. The highest BCUT2D eigenvalue weighted by atomic mass is 35.5. The molecule has 0 bridgehead atoms. The van der Waals surface area contributed by atoms with Gasteiger partial charge in [-0.3, -0.25) is 4.98 Å². The van der Waals surface area contributed by atoms with Crippen molar-refractivity contribution in [2.75, 3.05) is 11.9 Å². The van der Waals surface area contributed by atoms with Crippen LogP contribution in [0.5, 0.6) is 5.75 Å². The van der Waals surface area contributed by atoms with Gasteiger partial charge in [-0.1, -0.05) is 0 Å². The number of rotatable bonds is 5. The quantitative estimate of drug-likeness (QED) is 0.847.